The third-order valence-corrected chi connectivity index (χ3v) is 4.87. The molecular formula is C20H23N5O. The quantitative estimate of drug-likeness (QED) is 0.685. The van der Waals surface area contributed by atoms with Crippen LogP contribution in [0.25, 0.3) is 0 Å². The molecule has 0 spiro atoms. The number of imidazole rings is 1. The second-order valence-electron chi connectivity index (χ2n) is 6.55. The topological polar surface area (TPSA) is 56.1 Å². The van der Waals surface area contributed by atoms with Gasteiger partial charge in [0.15, 0.2) is 0 Å². The molecule has 0 radical (unpaired) electrons. The van der Waals surface area contributed by atoms with E-state index >= 15 is 0 Å². The largest absolute Gasteiger partial charge is 0.492 e. The first-order valence-electron chi connectivity index (χ1n) is 9.01. The van der Waals surface area contributed by atoms with Crippen molar-refractivity contribution in [3.63, 3.8) is 0 Å². The Kier molecular flexibility index (Phi) is 4.93. The predicted octanol–water partition coefficient (Wildman–Crippen LogP) is 2.87. The van der Waals surface area contributed by atoms with Crippen molar-refractivity contribution in [3.8, 4) is 5.75 Å². The van der Waals surface area contributed by atoms with E-state index in [9.17, 15) is 0 Å². The number of ether oxygens (including phenoxy) is 1. The molecule has 0 saturated carbocycles. The number of fused-ring (bicyclic) bond motifs is 1. The third-order valence-electron chi connectivity index (χ3n) is 4.87. The van der Waals surface area contributed by atoms with E-state index in [2.05, 4.69) is 32.4 Å². The monoisotopic (exact) mass is 349 g/mol. The van der Waals surface area contributed by atoms with Gasteiger partial charge in [0.2, 0.25) is 0 Å². The Balaban J connectivity index is 1.39. The molecule has 0 amide bonds. The summed E-state index contributed by atoms with van der Waals surface area (Å²) in [4.78, 5) is 15.4. The molecule has 1 atom stereocenters. The molecule has 3 aromatic rings. The molecule has 26 heavy (non-hydrogen) atoms. The number of hydrogen-bond acceptors (Lipinski definition) is 5. The summed E-state index contributed by atoms with van der Waals surface area (Å²) in [6.07, 6.45) is 10.1. The second-order valence-corrected chi connectivity index (χ2v) is 6.55. The fraction of sp³-hybridized carbons (Fsp3) is 0.350. The second kappa shape index (κ2) is 7.66. The van der Waals surface area contributed by atoms with Crippen LogP contribution >= 0.6 is 0 Å². The molecule has 6 nitrogen and oxygen atoms in total. The van der Waals surface area contributed by atoms with E-state index in [0.29, 0.717) is 6.61 Å². The number of aromatic nitrogens is 4. The molecule has 0 N–H and O–H groups in total. The van der Waals surface area contributed by atoms with Crippen molar-refractivity contribution in [1.29, 1.82) is 0 Å². The lowest BCUT2D eigenvalue weighted by Crippen LogP contribution is -2.37. The van der Waals surface area contributed by atoms with E-state index in [0.717, 1.165) is 37.6 Å². The Bertz CT molecular complexity index is 834. The Morgan fingerprint density at radius 2 is 1.92 bits per heavy atom. The molecule has 0 aliphatic carbocycles. The standard InChI is InChI=1S/C20H23N5O/c1-16-20-23-13-18(6-11-26-19-5-3-8-22-14-19)25(20)10-9-24(16)15-17-4-2-7-21-12-17/h2-5,7-8,12-14,16H,6,9-11,15H2,1H3/t16-/m0/s1. The van der Waals surface area contributed by atoms with Crippen LogP contribution in [0.4, 0.5) is 0 Å². The predicted molar refractivity (Wildman–Crippen MR) is 98.7 cm³/mol. The van der Waals surface area contributed by atoms with Crippen molar-refractivity contribution < 1.29 is 4.74 Å². The minimum atomic E-state index is 0.289. The highest BCUT2D eigenvalue weighted by Crippen LogP contribution is 2.27. The van der Waals surface area contributed by atoms with Gasteiger partial charge < -0.3 is 9.30 Å². The highest BCUT2D eigenvalue weighted by molar-refractivity contribution is 5.16. The summed E-state index contributed by atoms with van der Waals surface area (Å²) in [6.45, 7) is 5.73. The van der Waals surface area contributed by atoms with E-state index in [4.69, 9.17) is 9.72 Å². The van der Waals surface area contributed by atoms with Gasteiger partial charge in [0, 0.05) is 56.5 Å². The summed E-state index contributed by atoms with van der Waals surface area (Å²) in [5, 5.41) is 0. The number of nitrogens with zero attached hydrogens (tertiary/aromatic N) is 5. The molecule has 6 heteroatoms. The van der Waals surface area contributed by atoms with Crippen LogP contribution in [-0.4, -0.2) is 37.6 Å². The summed E-state index contributed by atoms with van der Waals surface area (Å²) in [5.41, 5.74) is 2.47. The van der Waals surface area contributed by atoms with Crippen LogP contribution in [0.5, 0.6) is 5.75 Å². The third kappa shape index (κ3) is 3.60. The van der Waals surface area contributed by atoms with Gasteiger partial charge in [-0.25, -0.2) is 4.98 Å². The highest BCUT2D eigenvalue weighted by Gasteiger charge is 2.26. The van der Waals surface area contributed by atoms with Crippen LogP contribution in [0.1, 0.15) is 30.0 Å². The van der Waals surface area contributed by atoms with Crippen LogP contribution < -0.4 is 4.74 Å². The Morgan fingerprint density at radius 1 is 1.08 bits per heavy atom. The van der Waals surface area contributed by atoms with E-state index in [-0.39, 0.29) is 6.04 Å². The minimum Gasteiger partial charge on any atom is -0.492 e. The van der Waals surface area contributed by atoms with E-state index in [1.807, 2.05) is 36.8 Å². The Labute approximate surface area is 153 Å². The fourth-order valence-electron chi connectivity index (χ4n) is 3.45. The molecule has 0 aromatic carbocycles. The normalized spacial score (nSPS) is 17.0. The summed E-state index contributed by atoms with van der Waals surface area (Å²) < 4.78 is 8.12. The molecule has 0 bridgehead atoms. The summed E-state index contributed by atoms with van der Waals surface area (Å²) >= 11 is 0. The van der Waals surface area contributed by atoms with Gasteiger partial charge in [-0.3, -0.25) is 14.9 Å². The van der Waals surface area contributed by atoms with Crippen LogP contribution in [-0.2, 0) is 19.5 Å². The number of hydrogen-bond donors (Lipinski definition) is 0. The SMILES string of the molecule is C[C@H]1c2ncc(CCOc3cccnc3)n2CCN1Cc1cccnc1. The van der Waals surface area contributed by atoms with Crippen LogP contribution in [0, 0.1) is 0 Å². The Hall–Kier alpha value is -2.73. The lowest BCUT2D eigenvalue weighted by atomic mass is 10.1. The molecule has 3 aromatic heterocycles. The van der Waals surface area contributed by atoms with E-state index in [1.54, 1.807) is 12.4 Å². The highest BCUT2D eigenvalue weighted by atomic mass is 16.5. The maximum atomic E-state index is 5.78. The molecular weight excluding hydrogens is 326 g/mol. The molecule has 4 rings (SSSR count). The van der Waals surface area contributed by atoms with Crippen LogP contribution in [0.2, 0.25) is 0 Å². The number of pyridine rings is 2. The lowest BCUT2D eigenvalue weighted by Gasteiger charge is -2.34. The van der Waals surface area contributed by atoms with Gasteiger partial charge in [0.25, 0.3) is 0 Å². The summed E-state index contributed by atoms with van der Waals surface area (Å²) in [6, 6.07) is 8.22. The first kappa shape index (κ1) is 16.7. The zero-order chi connectivity index (χ0) is 17.8. The molecule has 1 aliphatic heterocycles. The van der Waals surface area contributed by atoms with Crippen molar-refractivity contribution in [2.24, 2.45) is 0 Å². The van der Waals surface area contributed by atoms with Crippen molar-refractivity contribution in [2.75, 3.05) is 13.2 Å². The maximum Gasteiger partial charge on any atom is 0.137 e. The van der Waals surface area contributed by atoms with Gasteiger partial charge in [-0.1, -0.05) is 6.07 Å². The fourth-order valence-corrected chi connectivity index (χ4v) is 3.45. The molecule has 1 aliphatic rings. The van der Waals surface area contributed by atoms with Gasteiger partial charge in [-0.05, 0) is 30.7 Å². The zero-order valence-corrected chi connectivity index (χ0v) is 15.0. The molecule has 0 saturated heterocycles. The van der Waals surface area contributed by atoms with Gasteiger partial charge in [-0.15, -0.1) is 0 Å². The minimum absolute atomic E-state index is 0.289. The zero-order valence-electron chi connectivity index (χ0n) is 15.0. The smallest absolute Gasteiger partial charge is 0.137 e. The van der Waals surface area contributed by atoms with Gasteiger partial charge in [0.05, 0.1) is 18.8 Å². The molecule has 0 fully saturated rings. The lowest BCUT2D eigenvalue weighted by molar-refractivity contribution is 0.154. The average Bonchev–Trinajstić information content (AvgIpc) is 3.10. The van der Waals surface area contributed by atoms with Crippen molar-refractivity contribution in [3.05, 3.63) is 72.3 Å². The Morgan fingerprint density at radius 3 is 2.69 bits per heavy atom. The number of rotatable bonds is 6. The van der Waals surface area contributed by atoms with Gasteiger partial charge in [0.1, 0.15) is 11.6 Å². The van der Waals surface area contributed by atoms with Crippen molar-refractivity contribution >= 4 is 0 Å². The van der Waals surface area contributed by atoms with Crippen molar-refractivity contribution in [1.82, 2.24) is 24.4 Å². The van der Waals surface area contributed by atoms with Crippen LogP contribution in [0.3, 0.4) is 0 Å². The van der Waals surface area contributed by atoms with E-state index in [1.165, 1.54) is 11.3 Å². The van der Waals surface area contributed by atoms with E-state index < -0.39 is 0 Å². The summed E-state index contributed by atoms with van der Waals surface area (Å²) in [7, 11) is 0. The molecule has 0 unspecified atom stereocenters. The maximum absolute atomic E-state index is 5.78. The average molecular weight is 349 g/mol. The van der Waals surface area contributed by atoms with Crippen molar-refractivity contribution in [2.45, 2.75) is 32.5 Å². The summed E-state index contributed by atoms with van der Waals surface area (Å²) in [5.74, 6) is 1.94. The first-order valence-corrected chi connectivity index (χ1v) is 9.01. The van der Waals surface area contributed by atoms with Gasteiger partial charge >= 0.3 is 0 Å². The van der Waals surface area contributed by atoms with Crippen LogP contribution in [0.15, 0.2) is 55.2 Å². The molecule has 4 heterocycles. The first-order chi connectivity index (χ1) is 12.8. The van der Waals surface area contributed by atoms with Gasteiger partial charge in [-0.2, -0.15) is 0 Å². The molecule has 134 valence electrons.